The van der Waals surface area contributed by atoms with E-state index in [9.17, 15) is 5.11 Å². The average molecular weight is 267 g/mol. The molecule has 0 saturated carbocycles. The molecule has 0 bridgehead atoms. The van der Waals surface area contributed by atoms with Crippen molar-refractivity contribution < 1.29 is 9.84 Å². The molecule has 5 nitrogen and oxygen atoms in total. The molecule has 18 heavy (non-hydrogen) atoms. The predicted molar refractivity (Wildman–Crippen MR) is 76.3 cm³/mol. The monoisotopic (exact) mass is 267 g/mol. The molecule has 0 aliphatic heterocycles. The van der Waals surface area contributed by atoms with Crippen molar-refractivity contribution in [3.05, 3.63) is 23.8 Å². The number of aromatic hydroxyl groups is 1. The standard InChI is InChI=1S/C12H17N3O2S/c1-8(13-14-12(18)15(2)3)10-6-5-9(17-4)7-11(10)16/h5-7,16H,1-4H3,(H,14,18)/b13-8+. The quantitative estimate of drug-likeness (QED) is 0.494. The Morgan fingerprint density at radius 2 is 2.11 bits per heavy atom. The van der Waals surface area contributed by atoms with Crippen LogP contribution in [0, 0.1) is 0 Å². The van der Waals surface area contributed by atoms with E-state index in [0.29, 0.717) is 22.1 Å². The molecule has 0 aromatic heterocycles. The summed E-state index contributed by atoms with van der Waals surface area (Å²) in [6, 6.07) is 5.05. The highest BCUT2D eigenvalue weighted by molar-refractivity contribution is 7.80. The van der Waals surface area contributed by atoms with E-state index in [1.54, 1.807) is 37.1 Å². The van der Waals surface area contributed by atoms with Crippen LogP contribution in [0.1, 0.15) is 12.5 Å². The molecule has 0 amide bonds. The molecule has 2 N–H and O–H groups in total. The van der Waals surface area contributed by atoms with E-state index >= 15 is 0 Å². The van der Waals surface area contributed by atoms with Crippen LogP contribution in [0.5, 0.6) is 11.5 Å². The number of benzene rings is 1. The van der Waals surface area contributed by atoms with Crippen molar-refractivity contribution in [2.24, 2.45) is 5.10 Å². The topological polar surface area (TPSA) is 57.1 Å². The molecule has 98 valence electrons. The minimum Gasteiger partial charge on any atom is -0.507 e. The molecule has 0 heterocycles. The highest BCUT2D eigenvalue weighted by Crippen LogP contribution is 2.23. The Balaban J connectivity index is 2.87. The van der Waals surface area contributed by atoms with Crippen LogP contribution in [0.3, 0.4) is 0 Å². The molecule has 0 aliphatic rings. The highest BCUT2D eigenvalue weighted by Gasteiger charge is 2.06. The lowest BCUT2D eigenvalue weighted by Crippen LogP contribution is -2.31. The zero-order chi connectivity index (χ0) is 13.7. The van der Waals surface area contributed by atoms with Crippen molar-refractivity contribution in [2.45, 2.75) is 6.92 Å². The van der Waals surface area contributed by atoms with Crippen molar-refractivity contribution >= 4 is 23.0 Å². The maximum atomic E-state index is 9.84. The van der Waals surface area contributed by atoms with Gasteiger partial charge in [0.2, 0.25) is 0 Å². The van der Waals surface area contributed by atoms with Crippen LogP contribution in [-0.2, 0) is 0 Å². The second kappa shape index (κ2) is 6.20. The van der Waals surface area contributed by atoms with Gasteiger partial charge in [-0.3, -0.25) is 5.43 Å². The Labute approximate surface area is 112 Å². The molecule has 1 aromatic rings. The Kier molecular flexibility index (Phi) is 4.91. The normalized spacial score (nSPS) is 11.0. The Hall–Kier alpha value is -1.82. The van der Waals surface area contributed by atoms with Crippen molar-refractivity contribution in [1.29, 1.82) is 0 Å². The molecule has 0 saturated heterocycles. The lowest BCUT2D eigenvalue weighted by Gasteiger charge is -2.13. The molecule has 0 aliphatic carbocycles. The fourth-order valence-electron chi connectivity index (χ4n) is 1.24. The molecule has 6 heteroatoms. The highest BCUT2D eigenvalue weighted by atomic mass is 32.1. The number of nitrogens with one attached hydrogen (secondary N) is 1. The molecular formula is C12H17N3O2S. The first-order valence-electron chi connectivity index (χ1n) is 5.34. The summed E-state index contributed by atoms with van der Waals surface area (Å²) in [5, 5.41) is 14.5. The van der Waals surface area contributed by atoms with E-state index in [0.717, 1.165) is 0 Å². The van der Waals surface area contributed by atoms with Crippen LogP contribution in [0.15, 0.2) is 23.3 Å². The molecule has 1 rings (SSSR count). The second-order valence-electron chi connectivity index (χ2n) is 3.89. The molecule has 0 spiro atoms. The lowest BCUT2D eigenvalue weighted by molar-refractivity contribution is 0.407. The van der Waals surface area contributed by atoms with E-state index in [1.165, 1.54) is 0 Å². The largest absolute Gasteiger partial charge is 0.507 e. The predicted octanol–water partition coefficient (Wildman–Crippen LogP) is 1.56. The van der Waals surface area contributed by atoms with Gasteiger partial charge in [-0.25, -0.2) is 0 Å². The first-order valence-corrected chi connectivity index (χ1v) is 5.75. The van der Waals surface area contributed by atoms with Gasteiger partial charge in [-0.15, -0.1) is 0 Å². The molecule has 0 unspecified atom stereocenters. The summed E-state index contributed by atoms with van der Waals surface area (Å²) in [6.07, 6.45) is 0. The van der Waals surface area contributed by atoms with Gasteiger partial charge < -0.3 is 14.7 Å². The summed E-state index contributed by atoms with van der Waals surface area (Å²) in [7, 11) is 5.20. The Morgan fingerprint density at radius 1 is 1.44 bits per heavy atom. The van der Waals surface area contributed by atoms with Gasteiger partial charge in [-0.1, -0.05) is 0 Å². The SMILES string of the molecule is COc1ccc(/C(C)=N/NC(=S)N(C)C)c(O)c1. The van der Waals surface area contributed by atoms with Crippen molar-refractivity contribution in [2.75, 3.05) is 21.2 Å². The van der Waals surface area contributed by atoms with Gasteiger partial charge in [0.05, 0.1) is 12.8 Å². The zero-order valence-electron chi connectivity index (χ0n) is 10.9. The van der Waals surface area contributed by atoms with Crippen molar-refractivity contribution in [1.82, 2.24) is 10.3 Å². The Morgan fingerprint density at radius 3 is 2.61 bits per heavy atom. The molecule has 1 aromatic carbocycles. The summed E-state index contributed by atoms with van der Waals surface area (Å²) < 4.78 is 5.02. The maximum absolute atomic E-state index is 9.84. The fourth-order valence-corrected chi connectivity index (χ4v) is 1.28. The minimum absolute atomic E-state index is 0.119. The van der Waals surface area contributed by atoms with Crippen LogP contribution >= 0.6 is 12.2 Å². The van der Waals surface area contributed by atoms with Crippen molar-refractivity contribution in [3.8, 4) is 11.5 Å². The van der Waals surface area contributed by atoms with Gasteiger partial charge in [0.1, 0.15) is 11.5 Å². The smallest absolute Gasteiger partial charge is 0.189 e. The van der Waals surface area contributed by atoms with Crippen LogP contribution in [0.4, 0.5) is 0 Å². The minimum atomic E-state index is 0.119. The maximum Gasteiger partial charge on any atom is 0.189 e. The van der Waals surface area contributed by atoms with E-state index in [-0.39, 0.29) is 5.75 Å². The summed E-state index contributed by atoms with van der Waals surface area (Å²) in [4.78, 5) is 1.74. The third-order valence-corrected chi connectivity index (χ3v) is 2.78. The molecule has 0 atom stereocenters. The van der Waals surface area contributed by atoms with E-state index < -0.39 is 0 Å². The number of hydrazone groups is 1. The number of methoxy groups -OCH3 is 1. The van der Waals surface area contributed by atoms with Crippen LogP contribution in [0.2, 0.25) is 0 Å². The first kappa shape index (κ1) is 14.2. The summed E-state index contributed by atoms with van der Waals surface area (Å²) >= 11 is 5.04. The van der Waals surface area contributed by atoms with Crippen LogP contribution < -0.4 is 10.2 Å². The Bertz CT molecular complexity index is 472. The lowest BCUT2D eigenvalue weighted by atomic mass is 10.1. The molecule has 0 radical (unpaired) electrons. The van der Waals surface area contributed by atoms with Crippen molar-refractivity contribution in [3.63, 3.8) is 0 Å². The first-order chi connectivity index (χ1) is 8.45. The fraction of sp³-hybridized carbons (Fsp3) is 0.333. The summed E-state index contributed by atoms with van der Waals surface area (Å²) in [5.74, 6) is 0.717. The van der Waals surface area contributed by atoms with Gasteiger partial charge in [-0.2, -0.15) is 5.10 Å². The third-order valence-electron chi connectivity index (χ3n) is 2.32. The van der Waals surface area contributed by atoms with Crippen LogP contribution in [0.25, 0.3) is 0 Å². The summed E-state index contributed by atoms with van der Waals surface area (Å²) in [5.41, 5.74) is 4.01. The number of phenolic OH excluding ortho intramolecular Hbond substituents is 1. The number of thiocarbonyl (C=S) groups is 1. The molecular weight excluding hydrogens is 250 g/mol. The number of rotatable bonds is 3. The van der Waals surface area contributed by atoms with Gasteiger partial charge in [0.15, 0.2) is 5.11 Å². The zero-order valence-corrected chi connectivity index (χ0v) is 11.7. The second-order valence-corrected chi connectivity index (χ2v) is 4.28. The van der Waals surface area contributed by atoms with Gasteiger partial charge in [0, 0.05) is 25.7 Å². The van der Waals surface area contributed by atoms with Gasteiger partial charge in [0.25, 0.3) is 0 Å². The molecule has 0 fully saturated rings. The van der Waals surface area contributed by atoms with Crippen LogP contribution in [-0.4, -0.2) is 42.0 Å². The van der Waals surface area contributed by atoms with Gasteiger partial charge in [-0.05, 0) is 31.3 Å². The number of nitrogens with zero attached hydrogens (tertiary/aromatic N) is 2. The van der Waals surface area contributed by atoms with Gasteiger partial charge >= 0.3 is 0 Å². The summed E-state index contributed by atoms with van der Waals surface area (Å²) in [6.45, 7) is 1.78. The number of hydrogen-bond acceptors (Lipinski definition) is 4. The average Bonchev–Trinajstić information content (AvgIpc) is 2.34. The van der Waals surface area contributed by atoms with E-state index in [4.69, 9.17) is 17.0 Å². The van der Waals surface area contributed by atoms with E-state index in [1.807, 2.05) is 14.1 Å². The number of hydrogen-bond donors (Lipinski definition) is 2. The number of phenols is 1. The van der Waals surface area contributed by atoms with E-state index in [2.05, 4.69) is 10.5 Å². The third kappa shape index (κ3) is 3.59. The number of ether oxygens (including phenoxy) is 1.